The minimum Gasteiger partial charge on any atom is -0.341 e. The lowest BCUT2D eigenvalue weighted by Crippen LogP contribution is -2.27. The van der Waals surface area contributed by atoms with E-state index in [2.05, 4.69) is 19.1 Å². The van der Waals surface area contributed by atoms with Crippen LogP contribution in [0.1, 0.15) is 24.0 Å². The van der Waals surface area contributed by atoms with Crippen LogP contribution >= 0.6 is 0 Å². The maximum atomic E-state index is 11.7. The van der Waals surface area contributed by atoms with Gasteiger partial charge in [-0.05, 0) is 30.9 Å². The van der Waals surface area contributed by atoms with E-state index in [9.17, 15) is 4.79 Å². The Morgan fingerprint density at radius 2 is 2.07 bits per heavy atom. The standard InChI is InChI=1S/C13H17NO/c1-10-5-3-4-6-12(10)9-14(2)13(15)11-7-8-11/h3-6,11H,7-9H2,1-2H3. The molecule has 80 valence electrons. The molecule has 0 aliphatic heterocycles. The molecule has 0 radical (unpaired) electrons. The molecule has 1 aromatic rings. The van der Waals surface area contributed by atoms with Gasteiger partial charge in [0.1, 0.15) is 0 Å². The van der Waals surface area contributed by atoms with Gasteiger partial charge < -0.3 is 4.90 Å². The van der Waals surface area contributed by atoms with E-state index in [1.807, 2.05) is 24.1 Å². The molecule has 2 rings (SSSR count). The van der Waals surface area contributed by atoms with Gasteiger partial charge in [-0.15, -0.1) is 0 Å². The van der Waals surface area contributed by atoms with Crippen molar-refractivity contribution in [1.82, 2.24) is 4.90 Å². The maximum absolute atomic E-state index is 11.7. The first kappa shape index (κ1) is 10.2. The average Bonchev–Trinajstić information content (AvgIpc) is 3.04. The Bertz CT molecular complexity index is 369. The summed E-state index contributed by atoms with van der Waals surface area (Å²) < 4.78 is 0. The van der Waals surface area contributed by atoms with Crippen molar-refractivity contribution in [2.45, 2.75) is 26.3 Å². The van der Waals surface area contributed by atoms with Gasteiger partial charge in [0, 0.05) is 19.5 Å². The van der Waals surface area contributed by atoms with E-state index >= 15 is 0 Å². The van der Waals surface area contributed by atoms with Crippen LogP contribution in [0.2, 0.25) is 0 Å². The molecule has 0 bridgehead atoms. The van der Waals surface area contributed by atoms with Crippen LogP contribution in [0.5, 0.6) is 0 Å². The number of carbonyl (C=O) groups excluding carboxylic acids is 1. The monoisotopic (exact) mass is 203 g/mol. The predicted molar refractivity (Wildman–Crippen MR) is 60.4 cm³/mol. The largest absolute Gasteiger partial charge is 0.341 e. The highest BCUT2D eigenvalue weighted by molar-refractivity contribution is 5.80. The number of aryl methyl sites for hydroxylation is 1. The summed E-state index contributed by atoms with van der Waals surface area (Å²) in [6.07, 6.45) is 2.16. The third kappa shape index (κ3) is 2.38. The third-order valence-electron chi connectivity index (χ3n) is 2.97. The number of benzene rings is 1. The molecule has 0 N–H and O–H groups in total. The SMILES string of the molecule is Cc1ccccc1CN(C)C(=O)C1CC1. The van der Waals surface area contributed by atoms with E-state index in [1.54, 1.807) is 0 Å². The molecule has 1 amide bonds. The third-order valence-corrected chi connectivity index (χ3v) is 2.97. The van der Waals surface area contributed by atoms with Gasteiger partial charge in [-0.25, -0.2) is 0 Å². The van der Waals surface area contributed by atoms with Crippen molar-refractivity contribution >= 4 is 5.91 Å². The molecule has 1 aliphatic rings. The second kappa shape index (κ2) is 4.05. The fraction of sp³-hybridized carbons (Fsp3) is 0.462. The summed E-state index contributed by atoms with van der Waals surface area (Å²) in [5, 5.41) is 0. The molecule has 0 aromatic heterocycles. The van der Waals surface area contributed by atoms with Crippen molar-refractivity contribution in [2.75, 3.05) is 7.05 Å². The molecule has 2 heteroatoms. The summed E-state index contributed by atoms with van der Waals surface area (Å²) in [5.41, 5.74) is 2.50. The molecule has 0 saturated heterocycles. The van der Waals surface area contributed by atoms with Crippen LogP contribution in [0.15, 0.2) is 24.3 Å². The van der Waals surface area contributed by atoms with E-state index in [0.717, 1.165) is 19.4 Å². The first-order valence-electron chi connectivity index (χ1n) is 5.48. The zero-order chi connectivity index (χ0) is 10.8. The second-order valence-corrected chi connectivity index (χ2v) is 4.40. The van der Waals surface area contributed by atoms with Crippen molar-refractivity contribution in [1.29, 1.82) is 0 Å². The van der Waals surface area contributed by atoms with E-state index in [1.165, 1.54) is 11.1 Å². The van der Waals surface area contributed by atoms with E-state index in [0.29, 0.717) is 11.8 Å². The lowest BCUT2D eigenvalue weighted by atomic mass is 10.1. The molecular formula is C13H17NO. The normalized spacial score (nSPS) is 15.1. The Kier molecular flexibility index (Phi) is 2.76. The average molecular weight is 203 g/mol. The van der Waals surface area contributed by atoms with Crippen molar-refractivity contribution in [2.24, 2.45) is 5.92 Å². The summed E-state index contributed by atoms with van der Waals surface area (Å²) in [5.74, 6) is 0.622. The van der Waals surface area contributed by atoms with Gasteiger partial charge in [0.25, 0.3) is 0 Å². The van der Waals surface area contributed by atoms with Crippen LogP contribution in [0.25, 0.3) is 0 Å². The quantitative estimate of drug-likeness (QED) is 0.738. The van der Waals surface area contributed by atoms with Crippen molar-refractivity contribution < 1.29 is 4.79 Å². The number of carbonyl (C=O) groups is 1. The van der Waals surface area contributed by atoms with Crippen molar-refractivity contribution in [3.8, 4) is 0 Å². The van der Waals surface area contributed by atoms with Gasteiger partial charge in [0.05, 0.1) is 0 Å². The van der Waals surface area contributed by atoms with Crippen LogP contribution in [0.3, 0.4) is 0 Å². The van der Waals surface area contributed by atoms with Crippen LogP contribution < -0.4 is 0 Å². The van der Waals surface area contributed by atoms with Crippen LogP contribution in [0.4, 0.5) is 0 Å². The molecule has 2 nitrogen and oxygen atoms in total. The molecule has 0 heterocycles. The summed E-state index contributed by atoms with van der Waals surface area (Å²) >= 11 is 0. The Hall–Kier alpha value is -1.31. The van der Waals surface area contributed by atoms with Crippen molar-refractivity contribution in [3.63, 3.8) is 0 Å². The number of rotatable bonds is 3. The summed E-state index contributed by atoms with van der Waals surface area (Å²) in [7, 11) is 1.90. The molecule has 0 spiro atoms. The Balaban J connectivity index is 2.01. The minimum atomic E-state index is 0.304. The van der Waals surface area contributed by atoms with Gasteiger partial charge in [-0.3, -0.25) is 4.79 Å². The van der Waals surface area contributed by atoms with Crippen LogP contribution in [-0.2, 0) is 11.3 Å². The predicted octanol–water partition coefficient (Wildman–Crippen LogP) is 2.36. The molecule has 0 atom stereocenters. The van der Waals surface area contributed by atoms with E-state index in [4.69, 9.17) is 0 Å². The van der Waals surface area contributed by atoms with Crippen molar-refractivity contribution in [3.05, 3.63) is 35.4 Å². The molecule has 0 unspecified atom stereocenters. The Morgan fingerprint density at radius 3 is 2.67 bits per heavy atom. The van der Waals surface area contributed by atoms with Crippen LogP contribution in [0, 0.1) is 12.8 Å². The number of amides is 1. The van der Waals surface area contributed by atoms with Gasteiger partial charge in [0.15, 0.2) is 0 Å². The molecule has 1 aliphatic carbocycles. The number of hydrogen-bond donors (Lipinski definition) is 0. The highest BCUT2D eigenvalue weighted by Gasteiger charge is 2.31. The lowest BCUT2D eigenvalue weighted by Gasteiger charge is -2.18. The molecule has 15 heavy (non-hydrogen) atoms. The topological polar surface area (TPSA) is 20.3 Å². The van der Waals surface area contributed by atoms with E-state index < -0.39 is 0 Å². The molecular weight excluding hydrogens is 186 g/mol. The first-order chi connectivity index (χ1) is 7.18. The van der Waals surface area contributed by atoms with Gasteiger partial charge >= 0.3 is 0 Å². The molecule has 1 saturated carbocycles. The Labute approximate surface area is 90.9 Å². The van der Waals surface area contributed by atoms with Crippen LogP contribution in [-0.4, -0.2) is 17.9 Å². The molecule has 1 fully saturated rings. The summed E-state index contributed by atoms with van der Waals surface area (Å²) in [6.45, 7) is 2.83. The second-order valence-electron chi connectivity index (χ2n) is 4.40. The van der Waals surface area contributed by atoms with Gasteiger partial charge in [-0.2, -0.15) is 0 Å². The summed E-state index contributed by atoms with van der Waals surface area (Å²) in [6, 6.07) is 8.23. The highest BCUT2D eigenvalue weighted by Crippen LogP contribution is 2.31. The number of hydrogen-bond acceptors (Lipinski definition) is 1. The minimum absolute atomic E-state index is 0.304. The fourth-order valence-corrected chi connectivity index (χ4v) is 1.76. The Morgan fingerprint density at radius 1 is 1.40 bits per heavy atom. The highest BCUT2D eigenvalue weighted by atomic mass is 16.2. The maximum Gasteiger partial charge on any atom is 0.225 e. The molecule has 1 aromatic carbocycles. The van der Waals surface area contributed by atoms with Gasteiger partial charge in [-0.1, -0.05) is 24.3 Å². The fourth-order valence-electron chi connectivity index (χ4n) is 1.76. The number of nitrogens with zero attached hydrogens (tertiary/aromatic N) is 1. The summed E-state index contributed by atoms with van der Waals surface area (Å²) in [4.78, 5) is 13.6. The zero-order valence-corrected chi connectivity index (χ0v) is 9.36. The van der Waals surface area contributed by atoms with Gasteiger partial charge in [0.2, 0.25) is 5.91 Å². The zero-order valence-electron chi connectivity index (χ0n) is 9.36. The lowest BCUT2D eigenvalue weighted by molar-refractivity contribution is -0.131. The van der Waals surface area contributed by atoms with E-state index in [-0.39, 0.29) is 0 Å². The smallest absolute Gasteiger partial charge is 0.225 e. The first-order valence-corrected chi connectivity index (χ1v) is 5.48.